The van der Waals surface area contributed by atoms with Crippen LogP contribution in [0.4, 0.5) is 10.2 Å². The number of hydrogen-bond donors (Lipinski definition) is 1. The number of hydrogen-bond acceptors (Lipinski definition) is 6. The lowest BCUT2D eigenvalue weighted by molar-refractivity contribution is 0.212. The maximum atomic E-state index is 14.0. The summed E-state index contributed by atoms with van der Waals surface area (Å²) in [6, 6.07) is 9.61. The molecule has 4 rings (SSSR count). The summed E-state index contributed by atoms with van der Waals surface area (Å²) in [6.07, 6.45) is 1.37. The quantitative estimate of drug-likeness (QED) is 0.758. The predicted octanol–water partition coefficient (Wildman–Crippen LogP) is 2.53. The van der Waals surface area contributed by atoms with Crippen molar-refractivity contribution >= 4 is 11.5 Å². The summed E-state index contributed by atoms with van der Waals surface area (Å²) in [5.41, 5.74) is 1.97. The highest BCUT2D eigenvalue weighted by molar-refractivity contribution is 5.58. The normalized spacial score (nSPS) is 20.5. The molecular formula is C18H19FN6O. The molecule has 1 saturated heterocycles. The van der Waals surface area contributed by atoms with E-state index in [-0.39, 0.29) is 6.04 Å². The van der Waals surface area contributed by atoms with Crippen LogP contribution in [-0.4, -0.2) is 44.7 Å². The first-order chi connectivity index (χ1) is 12.6. The summed E-state index contributed by atoms with van der Waals surface area (Å²) in [5, 5.41) is 16.6. The fourth-order valence-corrected chi connectivity index (χ4v) is 3.46. The molecule has 1 aliphatic rings. The first-order valence-electron chi connectivity index (χ1n) is 8.55. The smallest absolute Gasteiger partial charge is 0.168 e. The van der Waals surface area contributed by atoms with Gasteiger partial charge in [0, 0.05) is 31.4 Å². The Bertz CT molecular complexity index is 958. The molecule has 0 spiro atoms. The Labute approximate surface area is 150 Å². The van der Waals surface area contributed by atoms with Crippen molar-refractivity contribution in [3.63, 3.8) is 0 Å². The Hall–Kier alpha value is -2.92. The van der Waals surface area contributed by atoms with E-state index in [2.05, 4.69) is 21.5 Å². The zero-order valence-electron chi connectivity index (χ0n) is 14.4. The van der Waals surface area contributed by atoms with Crippen LogP contribution in [0.25, 0.3) is 5.65 Å². The van der Waals surface area contributed by atoms with Gasteiger partial charge in [0.15, 0.2) is 17.3 Å². The van der Waals surface area contributed by atoms with Gasteiger partial charge in [0.1, 0.15) is 17.9 Å². The Kier molecular flexibility index (Phi) is 4.31. The van der Waals surface area contributed by atoms with Crippen LogP contribution in [-0.2, 0) is 6.54 Å². The minimum Gasteiger partial charge on any atom is -0.366 e. The summed E-state index contributed by atoms with van der Waals surface area (Å²) in [6.45, 7) is 3.25. The van der Waals surface area contributed by atoms with E-state index in [4.69, 9.17) is 4.52 Å². The number of imidazole rings is 1. The summed E-state index contributed by atoms with van der Waals surface area (Å²) < 4.78 is 21.0. The van der Waals surface area contributed by atoms with Crippen molar-refractivity contribution in [2.75, 3.05) is 18.4 Å². The molecule has 0 unspecified atom stereocenters. The molecule has 26 heavy (non-hydrogen) atoms. The van der Waals surface area contributed by atoms with Gasteiger partial charge < -0.3 is 9.84 Å². The molecule has 1 N–H and O–H groups in total. The van der Waals surface area contributed by atoms with E-state index in [0.717, 1.165) is 11.5 Å². The van der Waals surface area contributed by atoms with Crippen LogP contribution in [0.2, 0.25) is 0 Å². The highest BCUT2D eigenvalue weighted by Gasteiger charge is 2.33. The Morgan fingerprint density at radius 3 is 3.12 bits per heavy atom. The second-order valence-electron chi connectivity index (χ2n) is 6.58. The van der Waals surface area contributed by atoms with E-state index in [1.165, 1.54) is 0 Å². The van der Waals surface area contributed by atoms with E-state index in [1.54, 1.807) is 10.6 Å². The molecule has 0 aliphatic carbocycles. The summed E-state index contributed by atoms with van der Waals surface area (Å²) in [4.78, 5) is 6.51. The molecule has 4 heterocycles. The summed E-state index contributed by atoms with van der Waals surface area (Å²) in [5.74, 6) is 1.25. The number of alkyl halides is 1. The Balaban J connectivity index is 1.48. The van der Waals surface area contributed by atoms with Gasteiger partial charge >= 0.3 is 0 Å². The van der Waals surface area contributed by atoms with Gasteiger partial charge in [0.05, 0.1) is 12.2 Å². The molecule has 1 fully saturated rings. The van der Waals surface area contributed by atoms with Gasteiger partial charge in [-0.2, -0.15) is 5.26 Å². The van der Waals surface area contributed by atoms with Crippen LogP contribution in [0, 0.1) is 18.3 Å². The van der Waals surface area contributed by atoms with Crippen LogP contribution >= 0.6 is 0 Å². The van der Waals surface area contributed by atoms with Gasteiger partial charge in [-0.3, -0.25) is 9.30 Å². The van der Waals surface area contributed by atoms with E-state index in [0.29, 0.717) is 43.2 Å². The van der Waals surface area contributed by atoms with Gasteiger partial charge in [-0.15, -0.1) is 0 Å². The molecule has 0 radical (unpaired) electrons. The zero-order valence-corrected chi connectivity index (χ0v) is 14.4. The summed E-state index contributed by atoms with van der Waals surface area (Å²) in [7, 11) is 0. The highest BCUT2D eigenvalue weighted by Crippen LogP contribution is 2.24. The lowest BCUT2D eigenvalue weighted by atomic mass is 10.2. The van der Waals surface area contributed by atoms with E-state index < -0.39 is 6.17 Å². The number of nitriles is 1. The largest absolute Gasteiger partial charge is 0.366 e. The van der Waals surface area contributed by atoms with Crippen molar-refractivity contribution in [1.29, 1.82) is 5.26 Å². The van der Waals surface area contributed by atoms with Crippen molar-refractivity contribution in [1.82, 2.24) is 19.4 Å². The van der Waals surface area contributed by atoms with Crippen LogP contribution in [0.3, 0.4) is 0 Å². The predicted molar refractivity (Wildman–Crippen MR) is 93.3 cm³/mol. The Morgan fingerprint density at radius 2 is 2.35 bits per heavy atom. The number of pyridine rings is 1. The first-order valence-corrected chi connectivity index (χ1v) is 8.55. The minimum atomic E-state index is -0.873. The van der Waals surface area contributed by atoms with Crippen LogP contribution in [0.1, 0.15) is 23.6 Å². The van der Waals surface area contributed by atoms with E-state index in [1.807, 2.05) is 36.1 Å². The van der Waals surface area contributed by atoms with Gasteiger partial charge in [0.2, 0.25) is 0 Å². The molecule has 7 nitrogen and oxygen atoms in total. The molecule has 1 aliphatic heterocycles. The van der Waals surface area contributed by atoms with Crippen molar-refractivity contribution in [3.8, 4) is 6.07 Å². The number of nitrogens with zero attached hydrogens (tertiary/aromatic N) is 5. The molecular weight excluding hydrogens is 335 g/mol. The highest BCUT2D eigenvalue weighted by atomic mass is 19.1. The average Bonchev–Trinajstić information content (AvgIpc) is 3.30. The molecule has 3 aromatic rings. The first kappa shape index (κ1) is 16.5. The maximum absolute atomic E-state index is 14.0. The topological polar surface area (TPSA) is 82.4 Å². The third kappa shape index (κ3) is 3.13. The van der Waals surface area contributed by atoms with Gasteiger partial charge in [-0.1, -0.05) is 11.2 Å². The molecule has 3 aromatic heterocycles. The van der Waals surface area contributed by atoms with Gasteiger partial charge in [-0.25, -0.2) is 9.37 Å². The molecule has 8 heteroatoms. The molecule has 134 valence electrons. The number of nitrogens with one attached hydrogen (secondary N) is 1. The number of anilines is 1. The van der Waals surface area contributed by atoms with Crippen molar-refractivity contribution in [3.05, 3.63) is 47.6 Å². The monoisotopic (exact) mass is 354 g/mol. The summed E-state index contributed by atoms with van der Waals surface area (Å²) >= 11 is 0. The molecule has 0 amide bonds. The number of aromatic nitrogens is 3. The van der Waals surface area contributed by atoms with Crippen molar-refractivity contribution < 1.29 is 8.91 Å². The van der Waals surface area contributed by atoms with Crippen molar-refractivity contribution in [2.45, 2.75) is 32.1 Å². The maximum Gasteiger partial charge on any atom is 0.168 e. The second kappa shape index (κ2) is 6.77. The lowest BCUT2D eigenvalue weighted by Gasteiger charge is -2.22. The molecule has 2 atom stereocenters. The van der Waals surface area contributed by atoms with E-state index >= 15 is 0 Å². The van der Waals surface area contributed by atoms with Gasteiger partial charge in [-0.05, 0) is 25.5 Å². The molecule has 0 saturated carbocycles. The average molecular weight is 354 g/mol. The standard InChI is InChI=1S/C18H19FN6O/c1-12-6-15(26-23-12)11-24-10-13(19)7-14(24)9-21-18-16(8-20)25-5-3-2-4-17(25)22-18/h2-6,13-14,21H,7,9-11H2,1H3/t13-,14-/m0/s1. The number of fused-ring (bicyclic) bond motifs is 1. The van der Waals surface area contributed by atoms with E-state index in [9.17, 15) is 9.65 Å². The van der Waals surface area contributed by atoms with Gasteiger partial charge in [0.25, 0.3) is 0 Å². The van der Waals surface area contributed by atoms with Crippen molar-refractivity contribution in [2.24, 2.45) is 0 Å². The fourth-order valence-electron chi connectivity index (χ4n) is 3.46. The zero-order chi connectivity index (χ0) is 18.1. The Morgan fingerprint density at radius 1 is 1.46 bits per heavy atom. The third-order valence-corrected chi connectivity index (χ3v) is 4.65. The van der Waals surface area contributed by atoms with Crippen LogP contribution in [0.15, 0.2) is 35.0 Å². The molecule has 0 aromatic carbocycles. The lowest BCUT2D eigenvalue weighted by Crippen LogP contribution is -2.34. The minimum absolute atomic E-state index is 0.00763. The fraction of sp³-hybridized carbons (Fsp3) is 0.389. The third-order valence-electron chi connectivity index (χ3n) is 4.65. The number of aryl methyl sites for hydroxylation is 1. The SMILES string of the molecule is Cc1cc(CN2C[C@@H](F)C[C@H]2CNc2nc3ccccn3c2C#N)on1. The number of halogens is 1. The van der Waals surface area contributed by atoms with Crippen LogP contribution in [0.5, 0.6) is 0 Å². The number of rotatable bonds is 5. The number of likely N-dealkylation sites (tertiary alicyclic amines) is 1. The molecule has 0 bridgehead atoms. The van der Waals surface area contributed by atoms with Crippen LogP contribution < -0.4 is 5.32 Å². The second-order valence-corrected chi connectivity index (χ2v) is 6.58.